The number of benzene rings is 2. The molecule has 0 unspecified atom stereocenters. The van der Waals surface area contributed by atoms with E-state index in [2.05, 4.69) is 0 Å². The second-order valence-corrected chi connectivity index (χ2v) is 5.95. The van der Waals surface area contributed by atoms with Gasteiger partial charge in [0.1, 0.15) is 12.4 Å². The Labute approximate surface area is 126 Å². The number of ether oxygens (including phenoxy) is 1. The van der Waals surface area contributed by atoms with Gasteiger partial charge >= 0.3 is 0 Å². The zero-order chi connectivity index (χ0) is 15.3. The summed E-state index contributed by atoms with van der Waals surface area (Å²) in [7, 11) is 0. The van der Waals surface area contributed by atoms with Crippen molar-refractivity contribution in [3.8, 4) is 5.75 Å². The molecule has 0 spiro atoms. The normalized spacial score (nSPS) is 11.4. The second-order valence-electron chi connectivity index (χ2n) is 5.95. The molecular formula is C18H23NO2. The first-order valence-electron chi connectivity index (χ1n) is 7.21. The number of hydrogen-bond acceptors (Lipinski definition) is 3. The Morgan fingerprint density at radius 1 is 1.10 bits per heavy atom. The first-order chi connectivity index (χ1) is 9.94. The van der Waals surface area contributed by atoms with Crippen LogP contribution in [0.3, 0.4) is 0 Å². The van der Waals surface area contributed by atoms with E-state index in [4.69, 9.17) is 10.5 Å². The molecule has 0 saturated carbocycles. The fraction of sp³-hybridized carbons (Fsp3) is 0.333. The van der Waals surface area contributed by atoms with Gasteiger partial charge in [0, 0.05) is 5.69 Å². The Morgan fingerprint density at radius 2 is 1.81 bits per heavy atom. The van der Waals surface area contributed by atoms with Gasteiger partial charge in [0.05, 0.1) is 5.60 Å². The minimum absolute atomic E-state index is 0.537. The Hall–Kier alpha value is -2.00. The van der Waals surface area contributed by atoms with Gasteiger partial charge in [-0.2, -0.15) is 0 Å². The maximum Gasteiger partial charge on any atom is 0.120 e. The average molecular weight is 285 g/mol. The van der Waals surface area contributed by atoms with E-state index in [1.54, 1.807) is 13.8 Å². The van der Waals surface area contributed by atoms with E-state index in [1.165, 1.54) is 0 Å². The molecular weight excluding hydrogens is 262 g/mol. The van der Waals surface area contributed by atoms with E-state index in [-0.39, 0.29) is 0 Å². The topological polar surface area (TPSA) is 55.5 Å². The summed E-state index contributed by atoms with van der Waals surface area (Å²) in [5.41, 5.74) is 8.19. The fourth-order valence-corrected chi connectivity index (χ4v) is 2.07. The molecule has 0 atom stereocenters. The second kappa shape index (κ2) is 6.64. The standard InChI is InChI=1S/C18H23NO2/c1-18(2,20)11-10-15-12-16(8-9-17(15)19)21-13-14-6-4-3-5-7-14/h3-9,12,20H,10-11,13,19H2,1-2H3. The van der Waals surface area contributed by atoms with Gasteiger partial charge in [-0.05, 0) is 56.0 Å². The molecule has 0 aromatic heterocycles. The zero-order valence-corrected chi connectivity index (χ0v) is 12.7. The van der Waals surface area contributed by atoms with Crippen molar-refractivity contribution in [3.05, 3.63) is 59.7 Å². The van der Waals surface area contributed by atoms with Crippen LogP contribution in [-0.2, 0) is 13.0 Å². The highest BCUT2D eigenvalue weighted by atomic mass is 16.5. The highest BCUT2D eigenvalue weighted by molar-refractivity contribution is 5.50. The van der Waals surface area contributed by atoms with Crippen molar-refractivity contribution in [3.63, 3.8) is 0 Å². The van der Waals surface area contributed by atoms with E-state index in [0.717, 1.165) is 29.0 Å². The summed E-state index contributed by atoms with van der Waals surface area (Å²) in [5, 5.41) is 9.82. The van der Waals surface area contributed by atoms with Crippen LogP contribution in [0.15, 0.2) is 48.5 Å². The number of nitrogens with two attached hydrogens (primary N) is 1. The van der Waals surface area contributed by atoms with Crippen molar-refractivity contribution in [2.75, 3.05) is 5.73 Å². The number of rotatable bonds is 6. The number of nitrogen functional groups attached to an aromatic ring is 1. The van der Waals surface area contributed by atoms with Crippen molar-refractivity contribution in [1.82, 2.24) is 0 Å². The van der Waals surface area contributed by atoms with Gasteiger partial charge < -0.3 is 15.6 Å². The average Bonchev–Trinajstić information content (AvgIpc) is 2.45. The molecule has 0 saturated heterocycles. The Bertz CT molecular complexity index is 574. The maximum atomic E-state index is 9.82. The fourth-order valence-electron chi connectivity index (χ4n) is 2.07. The van der Waals surface area contributed by atoms with Crippen LogP contribution in [0.1, 0.15) is 31.4 Å². The highest BCUT2D eigenvalue weighted by Gasteiger charge is 2.13. The third kappa shape index (κ3) is 5.12. The molecule has 21 heavy (non-hydrogen) atoms. The van der Waals surface area contributed by atoms with Gasteiger partial charge in [-0.25, -0.2) is 0 Å². The molecule has 112 valence electrons. The van der Waals surface area contributed by atoms with Crippen LogP contribution in [0.25, 0.3) is 0 Å². The van der Waals surface area contributed by atoms with E-state index < -0.39 is 5.60 Å². The number of anilines is 1. The van der Waals surface area contributed by atoms with Crippen LogP contribution in [-0.4, -0.2) is 10.7 Å². The first kappa shape index (κ1) is 15.4. The highest BCUT2D eigenvalue weighted by Crippen LogP contribution is 2.24. The molecule has 2 rings (SSSR count). The minimum atomic E-state index is -0.687. The minimum Gasteiger partial charge on any atom is -0.489 e. The van der Waals surface area contributed by atoms with Crippen molar-refractivity contribution >= 4 is 5.69 Å². The molecule has 0 fully saturated rings. The number of hydrogen-bond donors (Lipinski definition) is 2. The lowest BCUT2D eigenvalue weighted by atomic mass is 9.98. The summed E-state index contributed by atoms with van der Waals surface area (Å²) in [4.78, 5) is 0. The SMILES string of the molecule is CC(C)(O)CCc1cc(OCc2ccccc2)ccc1N. The zero-order valence-electron chi connectivity index (χ0n) is 12.7. The summed E-state index contributed by atoms with van der Waals surface area (Å²) < 4.78 is 5.80. The van der Waals surface area contributed by atoms with Crippen LogP contribution >= 0.6 is 0 Å². The van der Waals surface area contributed by atoms with Gasteiger partial charge in [-0.15, -0.1) is 0 Å². The largest absolute Gasteiger partial charge is 0.489 e. The molecule has 0 heterocycles. The maximum absolute atomic E-state index is 9.82. The van der Waals surface area contributed by atoms with Crippen LogP contribution in [0.5, 0.6) is 5.75 Å². The Morgan fingerprint density at radius 3 is 2.48 bits per heavy atom. The van der Waals surface area contributed by atoms with E-state index >= 15 is 0 Å². The molecule has 0 aliphatic carbocycles. The predicted molar refractivity (Wildman–Crippen MR) is 86.2 cm³/mol. The molecule has 0 aliphatic heterocycles. The van der Waals surface area contributed by atoms with Crippen LogP contribution in [0.4, 0.5) is 5.69 Å². The summed E-state index contributed by atoms with van der Waals surface area (Å²) in [6.45, 7) is 4.15. The quantitative estimate of drug-likeness (QED) is 0.798. The predicted octanol–water partition coefficient (Wildman–Crippen LogP) is 3.55. The third-order valence-corrected chi connectivity index (χ3v) is 3.37. The van der Waals surface area contributed by atoms with E-state index in [9.17, 15) is 5.11 Å². The summed E-state index contributed by atoms with van der Waals surface area (Å²) in [6.07, 6.45) is 1.40. The molecule has 3 heteroatoms. The Balaban J connectivity index is 2.01. The van der Waals surface area contributed by atoms with Crippen molar-refractivity contribution in [2.24, 2.45) is 0 Å². The number of aryl methyl sites for hydroxylation is 1. The van der Waals surface area contributed by atoms with Gasteiger partial charge in [-0.1, -0.05) is 30.3 Å². The summed E-state index contributed by atoms with van der Waals surface area (Å²) >= 11 is 0. The lowest BCUT2D eigenvalue weighted by Gasteiger charge is -2.18. The smallest absolute Gasteiger partial charge is 0.120 e. The Kier molecular flexibility index (Phi) is 4.86. The lowest BCUT2D eigenvalue weighted by molar-refractivity contribution is 0.0714. The van der Waals surface area contributed by atoms with Crippen molar-refractivity contribution in [2.45, 2.75) is 38.9 Å². The summed E-state index contributed by atoms with van der Waals surface area (Å²) in [6, 6.07) is 15.8. The molecule has 0 amide bonds. The van der Waals surface area contributed by atoms with Crippen molar-refractivity contribution in [1.29, 1.82) is 0 Å². The first-order valence-corrected chi connectivity index (χ1v) is 7.21. The molecule has 3 N–H and O–H groups in total. The lowest BCUT2D eigenvalue weighted by Crippen LogP contribution is -2.19. The van der Waals surface area contributed by atoms with Gasteiger partial charge in [0.2, 0.25) is 0 Å². The molecule has 2 aromatic rings. The van der Waals surface area contributed by atoms with Gasteiger partial charge in [0.15, 0.2) is 0 Å². The van der Waals surface area contributed by atoms with Crippen LogP contribution in [0, 0.1) is 0 Å². The molecule has 2 aromatic carbocycles. The third-order valence-electron chi connectivity index (χ3n) is 3.37. The van der Waals surface area contributed by atoms with Crippen molar-refractivity contribution < 1.29 is 9.84 Å². The van der Waals surface area contributed by atoms with Crippen LogP contribution < -0.4 is 10.5 Å². The van der Waals surface area contributed by atoms with E-state index in [1.807, 2.05) is 48.5 Å². The monoisotopic (exact) mass is 285 g/mol. The molecule has 0 radical (unpaired) electrons. The van der Waals surface area contributed by atoms with Crippen LogP contribution in [0.2, 0.25) is 0 Å². The van der Waals surface area contributed by atoms with E-state index in [0.29, 0.717) is 13.0 Å². The summed E-state index contributed by atoms with van der Waals surface area (Å²) in [5.74, 6) is 0.804. The molecule has 3 nitrogen and oxygen atoms in total. The van der Waals surface area contributed by atoms with Gasteiger partial charge in [0.25, 0.3) is 0 Å². The molecule has 0 aliphatic rings. The molecule has 0 bridgehead atoms. The number of aliphatic hydroxyl groups is 1. The van der Waals surface area contributed by atoms with Gasteiger partial charge in [-0.3, -0.25) is 0 Å².